The predicted octanol–water partition coefficient (Wildman–Crippen LogP) is 1.84. The first kappa shape index (κ1) is 35.4. The van der Waals surface area contributed by atoms with E-state index in [0.717, 1.165) is 38.5 Å². The molecule has 0 aromatic rings. The first-order chi connectivity index (χ1) is 21.8. The van der Waals surface area contributed by atoms with Gasteiger partial charge in [-0.3, -0.25) is 0 Å². The summed E-state index contributed by atoms with van der Waals surface area (Å²) in [6, 6.07) is 0. The van der Waals surface area contributed by atoms with Crippen LogP contribution >= 0.6 is 0 Å². The van der Waals surface area contributed by atoms with Gasteiger partial charge in [0, 0.05) is 31.5 Å². The number of hydrogen-bond acceptors (Lipinski definition) is 11. The van der Waals surface area contributed by atoms with Crippen LogP contribution in [0.5, 0.6) is 0 Å². The van der Waals surface area contributed by atoms with Gasteiger partial charge in [-0.15, -0.1) is 0 Å². The van der Waals surface area contributed by atoms with Gasteiger partial charge in [-0.05, 0) is 107 Å². The highest BCUT2D eigenvalue weighted by atomic mass is 16.7. The molecule has 7 N–H and O–H groups in total. The van der Waals surface area contributed by atoms with Crippen LogP contribution in [0.1, 0.15) is 98.3 Å². The van der Waals surface area contributed by atoms with E-state index < -0.39 is 66.3 Å². The van der Waals surface area contributed by atoms with Crippen LogP contribution in [-0.4, -0.2) is 116 Å². The molecule has 46 heavy (non-hydrogen) atoms. The number of ether oxygens (including phenoxy) is 4. The van der Waals surface area contributed by atoms with Crippen LogP contribution in [0.25, 0.3) is 0 Å². The fourth-order valence-corrected chi connectivity index (χ4v) is 11.5. The van der Waals surface area contributed by atoms with Gasteiger partial charge in [-0.2, -0.15) is 0 Å². The second-order valence-corrected chi connectivity index (χ2v) is 16.3. The van der Waals surface area contributed by atoms with Gasteiger partial charge in [0.1, 0.15) is 12.2 Å². The highest BCUT2D eigenvalue weighted by Gasteiger charge is 2.71. The molecule has 6 fully saturated rings. The molecule has 4 saturated carbocycles. The quantitative estimate of drug-likeness (QED) is 0.190. The summed E-state index contributed by atoms with van der Waals surface area (Å²) >= 11 is 0. The molecule has 18 atom stereocenters. The molecule has 0 aromatic carbocycles. The molecular weight excluding hydrogens is 596 g/mol. The van der Waals surface area contributed by atoms with Crippen molar-refractivity contribution in [3.63, 3.8) is 0 Å². The zero-order valence-electron chi connectivity index (χ0n) is 28.1. The Morgan fingerprint density at radius 2 is 1.48 bits per heavy atom. The van der Waals surface area contributed by atoms with E-state index in [0.29, 0.717) is 25.2 Å². The zero-order valence-corrected chi connectivity index (χ0v) is 28.1. The van der Waals surface area contributed by atoms with E-state index in [4.69, 9.17) is 18.9 Å². The monoisotopic (exact) mass is 656 g/mol. The Balaban J connectivity index is 1.07. The fraction of sp³-hybridized carbons (Fsp3) is 1.00. The first-order valence-electron chi connectivity index (χ1n) is 18.0. The summed E-state index contributed by atoms with van der Waals surface area (Å²) in [7, 11) is 0. The lowest BCUT2D eigenvalue weighted by Crippen LogP contribution is -2.67. The highest BCUT2D eigenvalue weighted by molar-refractivity contribution is 5.20. The van der Waals surface area contributed by atoms with E-state index in [9.17, 15) is 35.7 Å². The van der Waals surface area contributed by atoms with Crippen molar-refractivity contribution in [1.82, 2.24) is 0 Å². The van der Waals surface area contributed by atoms with Crippen LogP contribution in [0.4, 0.5) is 0 Å². The minimum absolute atomic E-state index is 0.00888. The number of aliphatic hydroxyl groups excluding tert-OH is 6. The molecule has 0 spiro atoms. The molecular formula is C35H60O11. The number of aliphatic hydroxyl groups is 7. The highest BCUT2D eigenvalue weighted by Crippen LogP contribution is 2.70. The van der Waals surface area contributed by atoms with Crippen molar-refractivity contribution in [2.45, 2.75) is 165 Å². The minimum atomic E-state index is -0.996. The summed E-state index contributed by atoms with van der Waals surface area (Å²) in [5.74, 6) is 0.508. The lowest BCUT2D eigenvalue weighted by Gasteiger charge is -2.65. The molecule has 2 saturated heterocycles. The van der Waals surface area contributed by atoms with Crippen LogP contribution in [-0.2, 0) is 18.9 Å². The van der Waals surface area contributed by atoms with Crippen LogP contribution < -0.4 is 0 Å². The van der Waals surface area contributed by atoms with Crippen LogP contribution in [0.3, 0.4) is 0 Å². The maximum atomic E-state index is 12.5. The summed E-state index contributed by atoms with van der Waals surface area (Å²) in [5.41, 5.74) is -1.74. The van der Waals surface area contributed by atoms with Gasteiger partial charge < -0.3 is 54.7 Å². The Labute approximate surface area is 273 Å². The van der Waals surface area contributed by atoms with Crippen molar-refractivity contribution in [3.8, 4) is 0 Å². The van der Waals surface area contributed by atoms with E-state index in [1.165, 1.54) is 0 Å². The van der Waals surface area contributed by atoms with Crippen molar-refractivity contribution >= 4 is 0 Å². The summed E-state index contributed by atoms with van der Waals surface area (Å²) in [4.78, 5) is 0. The molecule has 6 aliphatic rings. The van der Waals surface area contributed by atoms with E-state index >= 15 is 0 Å². The molecule has 4 aliphatic carbocycles. The van der Waals surface area contributed by atoms with Gasteiger partial charge in [-0.1, -0.05) is 13.8 Å². The van der Waals surface area contributed by atoms with Crippen LogP contribution in [0, 0.1) is 40.4 Å². The maximum Gasteiger partial charge on any atom is 0.161 e. The van der Waals surface area contributed by atoms with E-state index in [1.54, 1.807) is 6.92 Å². The van der Waals surface area contributed by atoms with Crippen molar-refractivity contribution in [1.29, 1.82) is 0 Å². The molecule has 266 valence electrons. The van der Waals surface area contributed by atoms with Gasteiger partial charge in [0.2, 0.25) is 0 Å². The van der Waals surface area contributed by atoms with Crippen molar-refractivity contribution in [3.05, 3.63) is 0 Å². The van der Waals surface area contributed by atoms with E-state index in [2.05, 4.69) is 6.92 Å². The number of rotatable bonds is 8. The SMILES string of the molecule is CC1O[C@H](OC2C(C)O[C@@H](O[C@H]3CC[C@@]4(C)[C@H](CC[C@@H]5[C@@H]4C[C@@H](O)[C@]4(C)[C@@H](C(CO)CCO)CC[C@]54O)C3)C[C@H]2O)C[C@@H](O)C1O. The summed E-state index contributed by atoms with van der Waals surface area (Å²) in [6.45, 7) is 7.86. The molecule has 5 unspecified atom stereocenters. The molecule has 0 bridgehead atoms. The third-order valence-corrected chi connectivity index (χ3v) is 14.2. The Kier molecular flexibility index (Phi) is 10.3. The summed E-state index contributed by atoms with van der Waals surface area (Å²) in [5, 5.41) is 75.2. The third-order valence-electron chi connectivity index (χ3n) is 14.2. The Morgan fingerprint density at radius 1 is 0.783 bits per heavy atom. The molecule has 2 heterocycles. The third kappa shape index (κ3) is 5.81. The topological polar surface area (TPSA) is 179 Å². The van der Waals surface area contributed by atoms with Gasteiger partial charge in [0.25, 0.3) is 0 Å². The van der Waals surface area contributed by atoms with Crippen molar-refractivity contribution in [2.24, 2.45) is 40.4 Å². The first-order valence-corrected chi connectivity index (χ1v) is 18.0. The summed E-state index contributed by atoms with van der Waals surface area (Å²) < 4.78 is 24.4. The maximum absolute atomic E-state index is 12.5. The predicted molar refractivity (Wildman–Crippen MR) is 166 cm³/mol. The largest absolute Gasteiger partial charge is 0.396 e. The standard InChI is InChI=1S/C35H60O11/c1-18-31(41)26(38)15-30(43-18)46-32-19(2)44-29(16-27(32)39)45-22-7-10-33(3)21(13-22)5-6-24-25(33)14-28(40)34(4)23(8-11-35(24,34)42)20(17-37)9-12-36/h18-32,36-42H,5-17H2,1-4H3/t18?,19?,20?,21-,22+,23-,24-,25+,26-,27-,28-,29+,30-,31?,32?,33+,34+,35+/m1/s1. The van der Waals surface area contributed by atoms with Crippen LogP contribution in [0.2, 0.25) is 0 Å². The molecule has 11 heteroatoms. The fourth-order valence-electron chi connectivity index (χ4n) is 11.5. The lowest BCUT2D eigenvalue weighted by molar-refractivity contribution is -0.318. The lowest BCUT2D eigenvalue weighted by atomic mass is 9.42. The molecule has 0 radical (unpaired) electrons. The average Bonchev–Trinajstić information content (AvgIpc) is 3.29. The summed E-state index contributed by atoms with van der Waals surface area (Å²) in [6.07, 6.45) is 0.944. The molecule has 0 amide bonds. The Hall–Kier alpha value is -0.440. The molecule has 11 nitrogen and oxygen atoms in total. The molecule has 6 rings (SSSR count). The van der Waals surface area contributed by atoms with E-state index in [-0.39, 0.29) is 61.2 Å². The normalized spacial score (nSPS) is 54.8. The number of hydrogen-bond donors (Lipinski definition) is 7. The van der Waals surface area contributed by atoms with Gasteiger partial charge in [0.05, 0.1) is 42.2 Å². The van der Waals surface area contributed by atoms with Gasteiger partial charge in [0.15, 0.2) is 12.6 Å². The van der Waals surface area contributed by atoms with Crippen molar-refractivity contribution in [2.75, 3.05) is 13.2 Å². The minimum Gasteiger partial charge on any atom is -0.396 e. The van der Waals surface area contributed by atoms with Gasteiger partial charge in [-0.25, -0.2) is 0 Å². The molecule has 0 aromatic heterocycles. The Bertz CT molecular complexity index is 1020. The van der Waals surface area contributed by atoms with Crippen molar-refractivity contribution < 1.29 is 54.7 Å². The molecule has 2 aliphatic heterocycles. The second-order valence-electron chi connectivity index (χ2n) is 16.3. The average molecular weight is 657 g/mol. The van der Waals surface area contributed by atoms with E-state index in [1.807, 2.05) is 13.8 Å². The second kappa shape index (κ2) is 13.4. The smallest absolute Gasteiger partial charge is 0.161 e. The zero-order chi connectivity index (χ0) is 33.2. The van der Waals surface area contributed by atoms with Gasteiger partial charge >= 0.3 is 0 Å². The number of fused-ring (bicyclic) bond motifs is 5. The van der Waals surface area contributed by atoms with Crippen LogP contribution in [0.15, 0.2) is 0 Å². The Morgan fingerprint density at radius 3 is 2.15 bits per heavy atom.